The molecule has 0 heterocycles. The number of rotatable bonds is 1. The first-order chi connectivity index (χ1) is 8.15. The van der Waals surface area contributed by atoms with Gasteiger partial charge in [0.25, 0.3) is 0 Å². The van der Waals surface area contributed by atoms with Crippen molar-refractivity contribution in [3.05, 3.63) is 0 Å². The van der Waals surface area contributed by atoms with E-state index in [1.54, 1.807) is 25.7 Å². The lowest BCUT2D eigenvalue weighted by molar-refractivity contribution is 0.0478. The van der Waals surface area contributed by atoms with Gasteiger partial charge in [0.05, 0.1) is 0 Å². The van der Waals surface area contributed by atoms with E-state index in [2.05, 4.69) is 20.8 Å². The highest BCUT2D eigenvalue weighted by Gasteiger charge is 2.58. The van der Waals surface area contributed by atoms with Crippen molar-refractivity contribution in [1.82, 2.24) is 0 Å². The van der Waals surface area contributed by atoms with Crippen LogP contribution in [0.15, 0.2) is 0 Å². The second kappa shape index (κ2) is 4.28. The Bertz CT molecular complexity index is 256. The van der Waals surface area contributed by atoms with Gasteiger partial charge in [0.1, 0.15) is 0 Å². The van der Waals surface area contributed by atoms with E-state index in [0.29, 0.717) is 5.41 Å². The minimum atomic E-state index is 0.677. The Morgan fingerprint density at radius 2 is 1.18 bits per heavy atom. The Morgan fingerprint density at radius 1 is 0.765 bits per heavy atom. The Morgan fingerprint density at radius 3 is 1.59 bits per heavy atom. The summed E-state index contributed by atoms with van der Waals surface area (Å²) in [6, 6.07) is 0. The molecule has 0 spiro atoms. The van der Waals surface area contributed by atoms with Crippen LogP contribution in [0.1, 0.15) is 72.1 Å². The van der Waals surface area contributed by atoms with Crippen molar-refractivity contribution >= 4 is 0 Å². The molecule has 0 aliphatic heterocycles. The molecular weight excluding hydrogens is 204 g/mol. The topological polar surface area (TPSA) is 0 Å². The van der Waals surface area contributed by atoms with Crippen LogP contribution in [0.25, 0.3) is 0 Å². The molecule has 0 aromatic rings. The molecule has 0 N–H and O–H groups in total. The number of hydrogen-bond acceptors (Lipinski definition) is 0. The average molecular weight is 234 g/mol. The molecule has 3 fully saturated rings. The largest absolute Gasteiger partial charge is 0.0622 e. The molecule has 3 rings (SSSR count). The third-order valence-electron chi connectivity index (χ3n) is 7.03. The third-order valence-corrected chi connectivity index (χ3v) is 7.03. The van der Waals surface area contributed by atoms with E-state index in [9.17, 15) is 0 Å². The quantitative estimate of drug-likeness (QED) is 0.579. The molecule has 98 valence electrons. The molecule has 3 aliphatic carbocycles. The summed E-state index contributed by atoms with van der Waals surface area (Å²) in [5.41, 5.74) is 0.677. The molecule has 17 heavy (non-hydrogen) atoms. The molecule has 3 saturated carbocycles. The van der Waals surface area contributed by atoms with E-state index in [0.717, 1.165) is 29.6 Å². The molecule has 0 aromatic carbocycles. The van der Waals surface area contributed by atoms with Crippen LogP contribution in [0.4, 0.5) is 0 Å². The molecule has 3 aliphatic rings. The van der Waals surface area contributed by atoms with E-state index in [1.165, 1.54) is 25.7 Å². The van der Waals surface area contributed by atoms with Gasteiger partial charge < -0.3 is 0 Å². The van der Waals surface area contributed by atoms with Gasteiger partial charge in [0, 0.05) is 0 Å². The third kappa shape index (κ3) is 1.62. The average Bonchev–Trinajstić information content (AvgIpc) is 2.63. The molecule has 0 nitrogen and oxygen atoms in total. The standard InChI is InChI=1S/C17H30/c1-12(2)17(3)15-10-6-4-8-13(15)14-9-5-7-11-16(14)17/h12-16H,4-11H2,1-3H3/t13-,14+,15-,16+,17?. The maximum Gasteiger partial charge on any atom is -0.0241 e. The van der Waals surface area contributed by atoms with Gasteiger partial charge in [-0.05, 0) is 60.7 Å². The van der Waals surface area contributed by atoms with Crippen molar-refractivity contribution in [3.8, 4) is 0 Å². The van der Waals surface area contributed by atoms with Crippen LogP contribution in [0.5, 0.6) is 0 Å². The summed E-state index contributed by atoms with van der Waals surface area (Å²) in [6.07, 6.45) is 12.3. The summed E-state index contributed by atoms with van der Waals surface area (Å²) >= 11 is 0. The van der Waals surface area contributed by atoms with Gasteiger partial charge in [-0.3, -0.25) is 0 Å². The predicted octanol–water partition coefficient (Wildman–Crippen LogP) is 5.28. The zero-order valence-electron chi connectivity index (χ0n) is 12.0. The normalized spacial score (nSPS) is 50.1. The second-order valence-corrected chi connectivity index (χ2v) is 7.63. The van der Waals surface area contributed by atoms with E-state index >= 15 is 0 Å². The Hall–Kier alpha value is 0. The zero-order chi connectivity index (χ0) is 12.0. The predicted molar refractivity (Wildman–Crippen MR) is 73.8 cm³/mol. The van der Waals surface area contributed by atoms with Gasteiger partial charge in [0.2, 0.25) is 0 Å². The first kappa shape index (κ1) is 12.1. The van der Waals surface area contributed by atoms with E-state index in [4.69, 9.17) is 0 Å². The van der Waals surface area contributed by atoms with Gasteiger partial charge in [-0.15, -0.1) is 0 Å². The van der Waals surface area contributed by atoms with Crippen molar-refractivity contribution in [2.75, 3.05) is 0 Å². The molecular formula is C17H30. The molecule has 0 bridgehead atoms. The van der Waals surface area contributed by atoms with Crippen molar-refractivity contribution in [2.24, 2.45) is 35.0 Å². The van der Waals surface area contributed by atoms with Crippen LogP contribution in [-0.2, 0) is 0 Å². The number of hydrogen-bond donors (Lipinski definition) is 0. The van der Waals surface area contributed by atoms with Crippen LogP contribution in [0, 0.1) is 35.0 Å². The summed E-state index contributed by atoms with van der Waals surface area (Å²) in [4.78, 5) is 0. The van der Waals surface area contributed by atoms with Crippen molar-refractivity contribution in [2.45, 2.75) is 72.1 Å². The lowest BCUT2D eigenvalue weighted by Gasteiger charge is -2.44. The second-order valence-electron chi connectivity index (χ2n) is 7.63. The van der Waals surface area contributed by atoms with Crippen molar-refractivity contribution in [3.63, 3.8) is 0 Å². The lowest BCUT2D eigenvalue weighted by atomic mass is 9.61. The van der Waals surface area contributed by atoms with Crippen LogP contribution in [0.3, 0.4) is 0 Å². The summed E-state index contributed by atoms with van der Waals surface area (Å²) in [5.74, 6) is 5.26. The van der Waals surface area contributed by atoms with E-state index < -0.39 is 0 Å². The molecule has 0 heteroatoms. The Labute approximate surface area is 108 Å². The Kier molecular flexibility index (Phi) is 3.04. The highest BCUT2D eigenvalue weighted by atomic mass is 14.6. The fourth-order valence-electron chi connectivity index (χ4n) is 6.02. The van der Waals surface area contributed by atoms with Crippen LogP contribution >= 0.6 is 0 Å². The number of fused-ring (bicyclic) bond motifs is 3. The van der Waals surface area contributed by atoms with Crippen LogP contribution < -0.4 is 0 Å². The SMILES string of the molecule is CC(C)C1(C)[C@@H]2CCCC[C@@H]2[C@@H]2CCCC[C@@H]21. The molecule has 0 aromatic heterocycles. The van der Waals surface area contributed by atoms with Crippen molar-refractivity contribution < 1.29 is 0 Å². The minimum Gasteiger partial charge on any atom is -0.0622 e. The molecule has 0 amide bonds. The lowest BCUT2D eigenvalue weighted by Crippen LogP contribution is -2.37. The van der Waals surface area contributed by atoms with E-state index in [-0.39, 0.29) is 0 Å². The van der Waals surface area contributed by atoms with Crippen LogP contribution in [-0.4, -0.2) is 0 Å². The summed E-state index contributed by atoms with van der Waals surface area (Å²) in [5, 5.41) is 0. The summed E-state index contributed by atoms with van der Waals surface area (Å²) < 4.78 is 0. The highest BCUT2D eigenvalue weighted by Crippen LogP contribution is 2.65. The zero-order valence-corrected chi connectivity index (χ0v) is 12.0. The van der Waals surface area contributed by atoms with Crippen molar-refractivity contribution in [1.29, 1.82) is 0 Å². The maximum atomic E-state index is 2.66. The van der Waals surface area contributed by atoms with Gasteiger partial charge >= 0.3 is 0 Å². The fraction of sp³-hybridized carbons (Fsp3) is 1.00. The highest BCUT2D eigenvalue weighted by molar-refractivity contribution is 5.06. The molecule has 0 radical (unpaired) electrons. The summed E-state index contributed by atoms with van der Waals surface area (Å²) in [7, 11) is 0. The van der Waals surface area contributed by atoms with E-state index in [1.807, 2.05) is 0 Å². The van der Waals surface area contributed by atoms with Gasteiger partial charge in [-0.2, -0.15) is 0 Å². The maximum absolute atomic E-state index is 2.66. The monoisotopic (exact) mass is 234 g/mol. The minimum absolute atomic E-state index is 0.677. The molecule has 1 unspecified atom stereocenters. The first-order valence-electron chi connectivity index (χ1n) is 8.15. The van der Waals surface area contributed by atoms with Gasteiger partial charge in [-0.1, -0.05) is 46.5 Å². The smallest absolute Gasteiger partial charge is 0.0241 e. The fourth-order valence-corrected chi connectivity index (χ4v) is 6.02. The molecule has 0 saturated heterocycles. The summed E-state index contributed by atoms with van der Waals surface area (Å²) in [6.45, 7) is 7.67. The van der Waals surface area contributed by atoms with Gasteiger partial charge in [0.15, 0.2) is 0 Å². The first-order valence-corrected chi connectivity index (χ1v) is 8.15. The van der Waals surface area contributed by atoms with Crippen LogP contribution in [0.2, 0.25) is 0 Å². The Balaban J connectivity index is 1.95. The van der Waals surface area contributed by atoms with Gasteiger partial charge in [-0.25, -0.2) is 0 Å². The molecule has 5 atom stereocenters.